The zero-order valence-electron chi connectivity index (χ0n) is 11.5. The normalized spacial score (nSPS) is 16.4. The van der Waals surface area contributed by atoms with Gasteiger partial charge in [-0.25, -0.2) is 4.79 Å². The lowest BCUT2D eigenvalue weighted by atomic mass is 10.3. The molecule has 2 amide bonds. The minimum absolute atomic E-state index is 0.0195. The molecule has 1 rings (SSSR count). The lowest BCUT2D eigenvalue weighted by Crippen LogP contribution is -2.52. The van der Waals surface area contributed by atoms with E-state index < -0.39 is 5.97 Å². The van der Waals surface area contributed by atoms with E-state index in [1.165, 1.54) is 0 Å². The lowest BCUT2D eigenvalue weighted by molar-refractivity contribution is -0.137. The first kappa shape index (κ1) is 15.7. The van der Waals surface area contributed by atoms with Crippen LogP contribution in [0.25, 0.3) is 0 Å². The second-order valence-electron chi connectivity index (χ2n) is 4.66. The number of nitrogens with one attached hydrogen (secondary N) is 2. The Balaban J connectivity index is 2.14. The molecule has 0 radical (unpaired) electrons. The maximum Gasteiger partial charge on any atom is 0.317 e. The fourth-order valence-corrected chi connectivity index (χ4v) is 2.00. The Morgan fingerprint density at radius 1 is 1.16 bits per heavy atom. The van der Waals surface area contributed by atoms with Crippen molar-refractivity contribution in [2.24, 2.45) is 0 Å². The molecule has 0 aromatic rings. The zero-order chi connectivity index (χ0) is 14.1. The maximum atomic E-state index is 11.8. The third-order valence-electron chi connectivity index (χ3n) is 3.18. The molecular weight excluding hydrogens is 248 g/mol. The highest BCUT2D eigenvalue weighted by Gasteiger charge is 2.20. The molecule has 1 aliphatic rings. The zero-order valence-corrected chi connectivity index (χ0v) is 11.5. The van der Waals surface area contributed by atoms with Crippen LogP contribution in [0, 0.1) is 0 Å². The molecule has 0 aliphatic carbocycles. The molecule has 110 valence electrons. The molecule has 0 bridgehead atoms. The number of aliphatic carboxylic acids is 1. The summed E-state index contributed by atoms with van der Waals surface area (Å²) in [6, 6.07) is -0.0195. The maximum absolute atomic E-state index is 11.8. The molecular formula is C12H24N4O3. The Kier molecular flexibility index (Phi) is 7.20. The van der Waals surface area contributed by atoms with Crippen LogP contribution in [-0.4, -0.2) is 79.8 Å². The van der Waals surface area contributed by atoms with E-state index in [-0.39, 0.29) is 12.5 Å². The van der Waals surface area contributed by atoms with Crippen molar-refractivity contribution in [3.63, 3.8) is 0 Å². The molecule has 0 atom stereocenters. The molecule has 7 heteroatoms. The summed E-state index contributed by atoms with van der Waals surface area (Å²) in [5.41, 5.74) is 0. The van der Waals surface area contributed by atoms with Crippen molar-refractivity contribution >= 4 is 12.0 Å². The van der Waals surface area contributed by atoms with Crippen LogP contribution in [0.3, 0.4) is 0 Å². The summed E-state index contributed by atoms with van der Waals surface area (Å²) in [5, 5.41) is 14.5. The monoisotopic (exact) mass is 272 g/mol. The van der Waals surface area contributed by atoms with Crippen LogP contribution in [0.2, 0.25) is 0 Å². The van der Waals surface area contributed by atoms with Gasteiger partial charge in [0.1, 0.15) is 0 Å². The van der Waals surface area contributed by atoms with Gasteiger partial charge < -0.3 is 20.6 Å². The van der Waals surface area contributed by atoms with Gasteiger partial charge in [-0.1, -0.05) is 0 Å². The molecule has 3 N–H and O–H groups in total. The van der Waals surface area contributed by atoms with E-state index in [4.69, 9.17) is 5.11 Å². The Bertz CT molecular complexity index is 291. The summed E-state index contributed by atoms with van der Waals surface area (Å²) in [5.74, 6) is -0.773. The highest BCUT2D eigenvalue weighted by molar-refractivity contribution is 5.74. The number of urea groups is 1. The van der Waals surface area contributed by atoms with E-state index >= 15 is 0 Å². The van der Waals surface area contributed by atoms with E-state index in [1.807, 2.05) is 7.05 Å². The first-order valence-corrected chi connectivity index (χ1v) is 6.75. The van der Waals surface area contributed by atoms with Gasteiger partial charge in [0, 0.05) is 39.3 Å². The summed E-state index contributed by atoms with van der Waals surface area (Å²) in [6.07, 6.45) is 1.08. The number of hydrogen-bond acceptors (Lipinski definition) is 4. The van der Waals surface area contributed by atoms with Crippen molar-refractivity contribution in [3.05, 3.63) is 0 Å². The van der Waals surface area contributed by atoms with Crippen molar-refractivity contribution in [2.75, 3.05) is 52.9 Å². The van der Waals surface area contributed by atoms with E-state index in [1.54, 1.807) is 4.90 Å². The van der Waals surface area contributed by atoms with Gasteiger partial charge >= 0.3 is 12.0 Å². The highest BCUT2D eigenvalue weighted by Crippen LogP contribution is 2.02. The Morgan fingerprint density at radius 3 is 2.42 bits per heavy atom. The van der Waals surface area contributed by atoms with Crippen molar-refractivity contribution in [2.45, 2.75) is 12.8 Å². The summed E-state index contributed by atoms with van der Waals surface area (Å²) in [4.78, 5) is 26.2. The van der Waals surface area contributed by atoms with Gasteiger partial charge in [0.05, 0.1) is 6.42 Å². The van der Waals surface area contributed by atoms with Crippen molar-refractivity contribution in [1.29, 1.82) is 0 Å². The van der Waals surface area contributed by atoms with Crippen molar-refractivity contribution < 1.29 is 14.7 Å². The molecule has 19 heavy (non-hydrogen) atoms. The minimum Gasteiger partial charge on any atom is -0.481 e. The van der Waals surface area contributed by atoms with Crippen molar-refractivity contribution in [1.82, 2.24) is 20.4 Å². The minimum atomic E-state index is -0.773. The van der Waals surface area contributed by atoms with Gasteiger partial charge in [0.2, 0.25) is 0 Å². The van der Waals surface area contributed by atoms with Crippen LogP contribution in [0.4, 0.5) is 4.79 Å². The molecule has 0 aromatic heterocycles. The molecule has 0 unspecified atom stereocenters. The van der Waals surface area contributed by atoms with Gasteiger partial charge in [-0.2, -0.15) is 0 Å². The number of carboxylic acids is 1. The summed E-state index contributed by atoms with van der Waals surface area (Å²) >= 11 is 0. The third kappa shape index (κ3) is 6.40. The number of piperazine rings is 1. The Morgan fingerprint density at radius 2 is 1.84 bits per heavy atom. The number of carboxylic acid groups (broad SMARTS) is 1. The van der Waals surface area contributed by atoms with Gasteiger partial charge in [-0.3, -0.25) is 9.69 Å². The van der Waals surface area contributed by atoms with Crippen LogP contribution in [-0.2, 0) is 4.79 Å². The quantitative estimate of drug-likeness (QED) is 0.539. The van der Waals surface area contributed by atoms with Crippen LogP contribution >= 0.6 is 0 Å². The SMILES string of the molecule is CNCCCNC(=O)N1CCN(CCC(=O)O)CC1. The third-order valence-corrected chi connectivity index (χ3v) is 3.18. The first-order valence-electron chi connectivity index (χ1n) is 6.75. The number of carbonyl (C=O) groups is 2. The Hall–Kier alpha value is -1.34. The summed E-state index contributed by atoms with van der Waals surface area (Å²) < 4.78 is 0. The summed E-state index contributed by atoms with van der Waals surface area (Å²) in [6.45, 7) is 4.96. The van der Waals surface area contributed by atoms with Gasteiger partial charge in [0.15, 0.2) is 0 Å². The van der Waals surface area contributed by atoms with Crippen LogP contribution in [0.1, 0.15) is 12.8 Å². The van der Waals surface area contributed by atoms with Crippen LogP contribution in [0.15, 0.2) is 0 Å². The number of nitrogens with zero attached hydrogens (tertiary/aromatic N) is 2. The fourth-order valence-electron chi connectivity index (χ4n) is 2.00. The van der Waals surface area contributed by atoms with Gasteiger partial charge in [-0.05, 0) is 20.0 Å². The van der Waals surface area contributed by atoms with Gasteiger partial charge in [0.25, 0.3) is 0 Å². The Labute approximate surface area is 113 Å². The molecule has 1 saturated heterocycles. The highest BCUT2D eigenvalue weighted by atomic mass is 16.4. The number of amides is 2. The topological polar surface area (TPSA) is 84.9 Å². The number of rotatable bonds is 7. The van der Waals surface area contributed by atoms with Crippen molar-refractivity contribution in [3.8, 4) is 0 Å². The largest absolute Gasteiger partial charge is 0.481 e. The van der Waals surface area contributed by atoms with Crippen LogP contribution < -0.4 is 10.6 Å². The van der Waals surface area contributed by atoms with E-state index in [9.17, 15) is 9.59 Å². The molecule has 0 saturated carbocycles. The van der Waals surface area contributed by atoms with E-state index in [2.05, 4.69) is 15.5 Å². The average Bonchev–Trinajstić information content (AvgIpc) is 2.41. The second-order valence-corrected chi connectivity index (χ2v) is 4.66. The predicted molar refractivity (Wildman–Crippen MR) is 72.2 cm³/mol. The average molecular weight is 272 g/mol. The molecule has 1 heterocycles. The lowest BCUT2D eigenvalue weighted by Gasteiger charge is -2.34. The molecule has 7 nitrogen and oxygen atoms in total. The molecule has 1 aliphatic heterocycles. The second kappa shape index (κ2) is 8.71. The fraction of sp³-hybridized carbons (Fsp3) is 0.833. The van der Waals surface area contributed by atoms with E-state index in [0.29, 0.717) is 26.2 Å². The van der Waals surface area contributed by atoms with Gasteiger partial charge in [-0.15, -0.1) is 0 Å². The number of carbonyl (C=O) groups excluding carboxylic acids is 1. The standard InChI is InChI=1S/C12H24N4O3/c1-13-4-2-5-14-12(19)16-9-7-15(8-10-16)6-3-11(17)18/h13H,2-10H2,1H3,(H,14,19)(H,17,18). The molecule has 0 spiro atoms. The number of hydrogen-bond donors (Lipinski definition) is 3. The molecule has 0 aromatic carbocycles. The first-order chi connectivity index (χ1) is 9.13. The molecule has 1 fully saturated rings. The smallest absolute Gasteiger partial charge is 0.317 e. The van der Waals surface area contributed by atoms with Crippen LogP contribution in [0.5, 0.6) is 0 Å². The summed E-state index contributed by atoms with van der Waals surface area (Å²) in [7, 11) is 1.89. The van der Waals surface area contributed by atoms with E-state index in [0.717, 1.165) is 26.1 Å². The predicted octanol–water partition coefficient (Wildman–Crippen LogP) is -0.602.